The Morgan fingerprint density at radius 3 is 2.31 bits per heavy atom. The van der Waals surface area contributed by atoms with Gasteiger partial charge in [-0.15, -0.1) is 12.4 Å². The van der Waals surface area contributed by atoms with Crippen molar-refractivity contribution in [3.63, 3.8) is 0 Å². The highest BCUT2D eigenvalue weighted by atomic mass is 35.5. The fourth-order valence-corrected chi connectivity index (χ4v) is 1.21. The van der Waals surface area contributed by atoms with Gasteiger partial charge in [-0.2, -0.15) is 0 Å². The highest BCUT2D eigenvalue weighted by molar-refractivity contribution is 5.85. The summed E-state index contributed by atoms with van der Waals surface area (Å²) in [6, 6.07) is 0. The minimum Gasteiger partial charge on any atom is -0.393 e. The molecule has 0 aromatic carbocycles. The van der Waals surface area contributed by atoms with Crippen LogP contribution in [0.4, 0.5) is 0 Å². The van der Waals surface area contributed by atoms with Gasteiger partial charge in [-0.1, -0.05) is 12.8 Å². The number of hydrogen-bond donors (Lipinski definition) is 4. The summed E-state index contributed by atoms with van der Waals surface area (Å²) in [5.74, 6) is -0.369. The summed E-state index contributed by atoms with van der Waals surface area (Å²) in [5, 5.41) is 9.30. The number of guanidine groups is 1. The third-order valence-corrected chi connectivity index (χ3v) is 1.93. The maximum atomic E-state index is 10.4. The molecule has 0 aliphatic carbocycles. The second-order valence-electron chi connectivity index (χ2n) is 3.48. The molecule has 6 nitrogen and oxygen atoms in total. The van der Waals surface area contributed by atoms with Gasteiger partial charge < -0.3 is 22.3 Å². The number of aliphatic hydroxyl groups excluding tert-OH is 1. The van der Waals surface area contributed by atoms with Crippen molar-refractivity contribution in [2.45, 2.75) is 38.2 Å². The van der Waals surface area contributed by atoms with Crippen molar-refractivity contribution in [1.82, 2.24) is 0 Å². The smallest absolute Gasteiger partial charge is 0.220 e. The fourth-order valence-electron chi connectivity index (χ4n) is 1.21. The number of hydrogen-bond acceptors (Lipinski definition) is 3. The number of primary amides is 1. The Hall–Kier alpha value is -1.01. The number of unbranched alkanes of at least 4 members (excludes halogenated alkanes) is 2. The number of nitrogens with zero attached hydrogens (tertiary/aromatic N) is 1. The van der Waals surface area contributed by atoms with E-state index in [9.17, 15) is 9.90 Å². The normalized spacial score (nSPS) is 11.3. The molecule has 16 heavy (non-hydrogen) atoms. The van der Waals surface area contributed by atoms with Gasteiger partial charge in [0, 0.05) is 6.54 Å². The van der Waals surface area contributed by atoms with Gasteiger partial charge in [0.2, 0.25) is 5.91 Å². The lowest BCUT2D eigenvalue weighted by Gasteiger charge is -2.06. The number of aliphatic hydroxyl groups is 1. The van der Waals surface area contributed by atoms with Crippen LogP contribution in [0.15, 0.2) is 4.99 Å². The number of rotatable bonds is 8. The Morgan fingerprint density at radius 2 is 1.81 bits per heavy atom. The molecule has 1 unspecified atom stereocenters. The number of carbonyl (C=O) groups excluding carboxylic acids is 1. The summed E-state index contributed by atoms with van der Waals surface area (Å²) in [5.41, 5.74) is 15.2. The molecule has 7 N–H and O–H groups in total. The zero-order valence-corrected chi connectivity index (χ0v) is 10.1. The summed E-state index contributed by atoms with van der Waals surface area (Å²) in [7, 11) is 0. The molecule has 0 saturated heterocycles. The second kappa shape index (κ2) is 10.5. The summed E-state index contributed by atoms with van der Waals surface area (Å²) >= 11 is 0. The van der Waals surface area contributed by atoms with Crippen LogP contribution in [0.1, 0.15) is 32.1 Å². The van der Waals surface area contributed by atoms with E-state index in [4.69, 9.17) is 17.2 Å². The maximum Gasteiger partial charge on any atom is 0.220 e. The van der Waals surface area contributed by atoms with Gasteiger partial charge in [-0.05, 0) is 12.8 Å². The van der Waals surface area contributed by atoms with Crippen LogP contribution in [-0.2, 0) is 4.79 Å². The molecule has 0 saturated carbocycles. The van der Waals surface area contributed by atoms with Gasteiger partial charge in [0.05, 0.1) is 12.5 Å². The highest BCUT2D eigenvalue weighted by Gasteiger charge is 2.06. The van der Waals surface area contributed by atoms with E-state index in [0.717, 1.165) is 19.3 Å². The van der Waals surface area contributed by atoms with Crippen LogP contribution < -0.4 is 17.2 Å². The topological polar surface area (TPSA) is 128 Å². The number of amides is 1. The molecule has 1 atom stereocenters. The van der Waals surface area contributed by atoms with Crippen LogP contribution >= 0.6 is 12.4 Å². The molecule has 0 fully saturated rings. The quantitative estimate of drug-likeness (QED) is 0.263. The van der Waals surface area contributed by atoms with E-state index in [0.29, 0.717) is 13.0 Å². The lowest BCUT2D eigenvalue weighted by Crippen LogP contribution is -2.23. The average molecular weight is 253 g/mol. The van der Waals surface area contributed by atoms with Crippen molar-refractivity contribution in [2.75, 3.05) is 6.54 Å². The molecule has 0 aromatic heterocycles. The maximum absolute atomic E-state index is 10.4. The van der Waals surface area contributed by atoms with Crippen LogP contribution in [0, 0.1) is 0 Å². The molecule has 0 radical (unpaired) electrons. The minimum absolute atomic E-state index is 0. The Balaban J connectivity index is 0. The van der Waals surface area contributed by atoms with E-state index in [2.05, 4.69) is 4.99 Å². The molecule has 0 heterocycles. The average Bonchev–Trinajstić information content (AvgIpc) is 2.09. The molecule has 0 spiro atoms. The summed E-state index contributed by atoms with van der Waals surface area (Å²) in [6.45, 7) is 0.605. The first-order valence-corrected chi connectivity index (χ1v) is 5.04. The molecular weight excluding hydrogens is 232 g/mol. The molecule has 96 valence electrons. The largest absolute Gasteiger partial charge is 0.393 e. The summed E-state index contributed by atoms with van der Waals surface area (Å²) < 4.78 is 0. The standard InChI is InChI=1S/C9H20N4O2.ClH/c10-8(15)6-7(14)4-2-1-3-5-13-9(11)12;/h7,14H,1-6H2,(H2,10,15)(H4,11,12,13);1H. The lowest BCUT2D eigenvalue weighted by atomic mass is 10.1. The zero-order chi connectivity index (χ0) is 11.7. The molecule has 0 aliphatic heterocycles. The molecule has 0 rings (SSSR count). The third-order valence-electron chi connectivity index (χ3n) is 1.93. The predicted octanol–water partition coefficient (Wildman–Crippen LogP) is -0.522. The first kappa shape index (κ1) is 17.4. The van der Waals surface area contributed by atoms with Crippen molar-refractivity contribution in [2.24, 2.45) is 22.2 Å². The van der Waals surface area contributed by atoms with E-state index in [1.807, 2.05) is 0 Å². The molecule has 0 bridgehead atoms. The monoisotopic (exact) mass is 252 g/mol. The SMILES string of the molecule is Cl.NC(=O)CC(O)CCCCCN=C(N)N. The highest BCUT2D eigenvalue weighted by Crippen LogP contribution is 2.06. The van der Waals surface area contributed by atoms with Crippen molar-refractivity contribution >= 4 is 24.3 Å². The van der Waals surface area contributed by atoms with Crippen LogP contribution in [0.2, 0.25) is 0 Å². The van der Waals surface area contributed by atoms with Gasteiger partial charge in [-0.3, -0.25) is 9.79 Å². The van der Waals surface area contributed by atoms with Crippen molar-refractivity contribution < 1.29 is 9.90 Å². The molecule has 1 amide bonds. The zero-order valence-electron chi connectivity index (χ0n) is 9.26. The van der Waals surface area contributed by atoms with E-state index in [-0.39, 0.29) is 24.8 Å². The van der Waals surface area contributed by atoms with Crippen LogP contribution in [0.25, 0.3) is 0 Å². The van der Waals surface area contributed by atoms with Gasteiger partial charge >= 0.3 is 0 Å². The Morgan fingerprint density at radius 1 is 1.19 bits per heavy atom. The van der Waals surface area contributed by atoms with Crippen molar-refractivity contribution in [3.05, 3.63) is 0 Å². The van der Waals surface area contributed by atoms with Gasteiger partial charge in [0.1, 0.15) is 0 Å². The van der Waals surface area contributed by atoms with E-state index < -0.39 is 12.0 Å². The number of halogens is 1. The van der Waals surface area contributed by atoms with E-state index in [1.165, 1.54) is 0 Å². The molecular formula is C9H21ClN4O2. The second-order valence-corrected chi connectivity index (χ2v) is 3.48. The Labute approximate surface area is 102 Å². The van der Waals surface area contributed by atoms with Crippen molar-refractivity contribution in [1.29, 1.82) is 0 Å². The van der Waals surface area contributed by atoms with Gasteiger partial charge in [-0.25, -0.2) is 0 Å². The number of aliphatic imine (C=N–C) groups is 1. The third kappa shape index (κ3) is 13.0. The molecule has 7 heteroatoms. The van der Waals surface area contributed by atoms with E-state index >= 15 is 0 Å². The number of nitrogens with two attached hydrogens (primary N) is 3. The molecule has 0 aromatic rings. The Bertz CT molecular complexity index is 220. The van der Waals surface area contributed by atoms with Crippen LogP contribution in [0.3, 0.4) is 0 Å². The minimum atomic E-state index is -0.620. The predicted molar refractivity (Wildman–Crippen MR) is 66.2 cm³/mol. The lowest BCUT2D eigenvalue weighted by molar-refractivity contribution is -0.119. The van der Waals surface area contributed by atoms with Crippen LogP contribution in [0.5, 0.6) is 0 Å². The summed E-state index contributed by atoms with van der Waals surface area (Å²) in [6.07, 6.45) is 2.64. The first-order chi connectivity index (χ1) is 7.02. The first-order valence-electron chi connectivity index (χ1n) is 5.04. The van der Waals surface area contributed by atoms with Gasteiger partial charge in [0.25, 0.3) is 0 Å². The Kier molecular flexibility index (Phi) is 11.4. The van der Waals surface area contributed by atoms with Gasteiger partial charge in [0.15, 0.2) is 5.96 Å². The van der Waals surface area contributed by atoms with Crippen molar-refractivity contribution in [3.8, 4) is 0 Å². The van der Waals surface area contributed by atoms with E-state index in [1.54, 1.807) is 0 Å². The fraction of sp³-hybridized carbons (Fsp3) is 0.778. The number of carbonyl (C=O) groups is 1. The summed E-state index contributed by atoms with van der Waals surface area (Å²) in [4.78, 5) is 14.3. The molecule has 0 aliphatic rings. The van der Waals surface area contributed by atoms with Crippen LogP contribution in [-0.4, -0.2) is 29.6 Å².